The van der Waals surface area contributed by atoms with Crippen LogP contribution in [0.2, 0.25) is 0 Å². The lowest BCUT2D eigenvalue weighted by Gasteiger charge is -2.17. The fourth-order valence-electron chi connectivity index (χ4n) is 1.19. The van der Waals surface area contributed by atoms with E-state index in [1.807, 2.05) is 0 Å². The molecule has 6 heteroatoms. The van der Waals surface area contributed by atoms with E-state index in [4.69, 9.17) is 14.2 Å². The van der Waals surface area contributed by atoms with Crippen LogP contribution in [0.5, 0.6) is 0 Å². The van der Waals surface area contributed by atoms with Crippen LogP contribution in [-0.2, 0) is 28.6 Å². The van der Waals surface area contributed by atoms with Gasteiger partial charge in [-0.2, -0.15) is 0 Å². The largest absolute Gasteiger partial charge is 0.461 e. The van der Waals surface area contributed by atoms with E-state index in [1.54, 1.807) is 0 Å². The van der Waals surface area contributed by atoms with Crippen molar-refractivity contribution >= 4 is 17.9 Å². The Hall–Kier alpha value is -2.37. The fraction of sp³-hybridized carbons (Fsp3) is 0.400. The Morgan fingerprint density at radius 3 is 1.52 bits per heavy atom. The lowest BCUT2D eigenvalue weighted by Crippen LogP contribution is -2.30. The van der Waals surface area contributed by atoms with Gasteiger partial charge in [-0.25, -0.2) is 0 Å². The Morgan fingerprint density at radius 1 is 0.762 bits per heavy atom. The van der Waals surface area contributed by atoms with Gasteiger partial charge in [0.2, 0.25) is 0 Å². The van der Waals surface area contributed by atoms with Crippen molar-refractivity contribution in [2.75, 3.05) is 13.2 Å². The zero-order valence-electron chi connectivity index (χ0n) is 11.9. The molecule has 116 valence electrons. The number of hydrogen-bond acceptors (Lipinski definition) is 6. The van der Waals surface area contributed by atoms with Gasteiger partial charge < -0.3 is 14.2 Å². The second kappa shape index (κ2) is 11.5. The molecule has 0 bridgehead atoms. The molecule has 0 radical (unpaired) electrons. The van der Waals surface area contributed by atoms with Gasteiger partial charge in [0.15, 0.2) is 6.10 Å². The molecule has 0 fully saturated rings. The Bertz CT molecular complexity index is 373. The predicted octanol–water partition coefficient (Wildman–Crippen LogP) is 1.71. The van der Waals surface area contributed by atoms with Crippen LogP contribution in [0.15, 0.2) is 38.0 Å². The SMILES string of the molecule is C=CCC(=O)OCC(COC(=O)CC=C)OC(=O)CC=C. The molecule has 21 heavy (non-hydrogen) atoms. The van der Waals surface area contributed by atoms with E-state index < -0.39 is 24.0 Å². The first-order valence-electron chi connectivity index (χ1n) is 6.36. The third-order valence-corrected chi connectivity index (χ3v) is 2.09. The molecule has 0 amide bonds. The molecular formula is C15H20O6. The predicted molar refractivity (Wildman–Crippen MR) is 76.2 cm³/mol. The average molecular weight is 296 g/mol. The summed E-state index contributed by atoms with van der Waals surface area (Å²) in [6.45, 7) is 9.83. The van der Waals surface area contributed by atoms with Gasteiger partial charge >= 0.3 is 17.9 Å². The number of hydrogen-bond donors (Lipinski definition) is 0. The molecule has 0 spiro atoms. The van der Waals surface area contributed by atoms with Crippen LogP contribution in [-0.4, -0.2) is 37.2 Å². The van der Waals surface area contributed by atoms with Gasteiger partial charge in [-0.05, 0) is 0 Å². The van der Waals surface area contributed by atoms with Gasteiger partial charge in [-0.1, -0.05) is 18.2 Å². The van der Waals surface area contributed by atoms with Crippen LogP contribution in [0.25, 0.3) is 0 Å². The summed E-state index contributed by atoms with van der Waals surface area (Å²) in [7, 11) is 0. The van der Waals surface area contributed by atoms with Crippen molar-refractivity contribution in [3.8, 4) is 0 Å². The molecule has 0 saturated carbocycles. The summed E-state index contributed by atoms with van der Waals surface area (Å²) in [6.07, 6.45) is 3.41. The van der Waals surface area contributed by atoms with Crippen LogP contribution in [0.3, 0.4) is 0 Å². The molecule has 0 aliphatic heterocycles. The highest BCUT2D eigenvalue weighted by Crippen LogP contribution is 2.02. The van der Waals surface area contributed by atoms with E-state index >= 15 is 0 Å². The van der Waals surface area contributed by atoms with E-state index in [9.17, 15) is 14.4 Å². The van der Waals surface area contributed by atoms with Crippen molar-refractivity contribution in [1.82, 2.24) is 0 Å². The first-order valence-corrected chi connectivity index (χ1v) is 6.36. The van der Waals surface area contributed by atoms with Crippen LogP contribution in [0.4, 0.5) is 0 Å². The van der Waals surface area contributed by atoms with Gasteiger partial charge in [0.1, 0.15) is 13.2 Å². The maximum Gasteiger partial charge on any atom is 0.310 e. The van der Waals surface area contributed by atoms with E-state index in [-0.39, 0.29) is 32.5 Å². The zero-order chi connectivity index (χ0) is 16.1. The Labute approximate surface area is 124 Å². The topological polar surface area (TPSA) is 78.9 Å². The van der Waals surface area contributed by atoms with Gasteiger partial charge in [0.25, 0.3) is 0 Å². The zero-order valence-corrected chi connectivity index (χ0v) is 11.9. The minimum absolute atomic E-state index is 0.0116. The van der Waals surface area contributed by atoms with E-state index in [0.717, 1.165) is 0 Å². The van der Waals surface area contributed by atoms with Gasteiger partial charge in [-0.3, -0.25) is 14.4 Å². The first kappa shape index (κ1) is 18.6. The first-order chi connectivity index (χ1) is 10.0. The molecule has 6 nitrogen and oxygen atoms in total. The number of carbonyl (C=O) groups is 3. The Morgan fingerprint density at radius 2 is 1.14 bits per heavy atom. The summed E-state index contributed by atoms with van der Waals surface area (Å²) < 4.78 is 14.8. The van der Waals surface area contributed by atoms with Gasteiger partial charge in [0, 0.05) is 0 Å². The van der Waals surface area contributed by atoms with Crippen molar-refractivity contribution in [1.29, 1.82) is 0 Å². The smallest absolute Gasteiger partial charge is 0.310 e. The van der Waals surface area contributed by atoms with E-state index in [1.165, 1.54) is 18.2 Å². The van der Waals surface area contributed by atoms with Crippen LogP contribution >= 0.6 is 0 Å². The summed E-state index contributed by atoms with van der Waals surface area (Å²) in [4.78, 5) is 33.8. The summed E-state index contributed by atoms with van der Waals surface area (Å²) in [5.41, 5.74) is 0. The summed E-state index contributed by atoms with van der Waals surface area (Å²) >= 11 is 0. The van der Waals surface area contributed by atoms with Crippen molar-refractivity contribution in [2.24, 2.45) is 0 Å². The van der Waals surface area contributed by atoms with E-state index in [0.29, 0.717) is 0 Å². The van der Waals surface area contributed by atoms with E-state index in [2.05, 4.69) is 19.7 Å². The quantitative estimate of drug-likeness (QED) is 0.328. The number of esters is 3. The fourth-order valence-corrected chi connectivity index (χ4v) is 1.19. The third kappa shape index (κ3) is 10.1. The molecule has 0 heterocycles. The highest BCUT2D eigenvalue weighted by Gasteiger charge is 2.18. The molecule has 0 unspecified atom stereocenters. The molecule has 0 aromatic rings. The molecule has 0 aromatic carbocycles. The second-order valence-electron chi connectivity index (χ2n) is 3.96. The highest BCUT2D eigenvalue weighted by atomic mass is 16.6. The third-order valence-electron chi connectivity index (χ3n) is 2.09. The average Bonchev–Trinajstić information content (AvgIpc) is 2.42. The maximum atomic E-state index is 11.4. The molecule has 0 N–H and O–H groups in total. The maximum absolute atomic E-state index is 11.4. The monoisotopic (exact) mass is 296 g/mol. The van der Waals surface area contributed by atoms with Gasteiger partial charge in [-0.15, -0.1) is 19.7 Å². The van der Waals surface area contributed by atoms with Crippen molar-refractivity contribution in [2.45, 2.75) is 25.4 Å². The molecule has 0 aliphatic rings. The minimum Gasteiger partial charge on any atom is -0.461 e. The van der Waals surface area contributed by atoms with Crippen molar-refractivity contribution < 1.29 is 28.6 Å². The number of rotatable bonds is 11. The van der Waals surface area contributed by atoms with Crippen LogP contribution < -0.4 is 0 Å². The lowest BCUT2D eigenvalue weighted by molar-refractivity contribution is -0.165. The molecule has 0 aromatic heterocycles. The highest BCUT2D eigenvalue weighted by molar-refractivity contribution is 5.72. The van der Waals surface area contributed by atoms with Crippen LogP contribution in [0, 0.1) is 0 Å². The van der Waals surface area contributed by atoms with Crippen molar-refractivity contribution in [3.05, 3.63) is 38.0 Å². The van der Waals surface area contributed by atoms with Crippen molar-refractivity contribution in [3.63, 3.8) is 0 Å². The summed E-state index contributed by atoms with van der Waals surface area (Å²) in [5.74, 6) is -1.56. The normalized spacial score (nSPS) is 9.57. The Kier molecular flexibility index (Phi) is 10.2. The summed E-state index contributed by atoms with van der Waals surface area (Å²) in [5, 5.41) is 0. The number of ether oxygens (including phenoxy) is 3. The minimum atomic E-state index is -0.861. The Balaban J connectivity index is 4.38. The molecule has 0 saturated heterocycles. The molecule has 0 aliphatic carbocycles. The van der Waals surface area contributed by atoms with Crippen LogP contribution in [0.1, 0.15) is 19.3 Å². The molecule has 0 rings (SSSR count). The molecular weight excluding hydrogens is 276 g/mol. The van der Waals surface area contributed by atoms with Gasteiger partial charge in [0.05, 0.1) is 19.3 Å². The number of carbonyl (C=O) groups excluding carboxylic acids is 3. The lowest BCUT2D eigenvalue weighted by atomic mass is 10.3. The second-order valence-corrected chi connectivity index (χ2v) is 3.96. The molecule has 0 atom stereocenters. The summed E-state index contributed by atoms with van der Waals surface area (Å²) in [6, 6.07) is 0. The standard InChI is InChI=1S/C15H20O6/c1-4-7-13(16)19-10-12(21-15(18)9-6-3)11-20-14(17)8-5-2/h4-6,12H,1-3,7-11H2.